The Kier molecular flexibility index (Phi) is 9.48. The Hall–Kier alpha value is -3.84. The number of esters is 1. The van der Waals surface area contributed by atoms with Crippen molar-refractivity contribution in [3.05, 3.63) is 33.8 Å². The lowest BCUT2D eigenvalue weighted by Crippen LogP contribution is -2.38. The van der Waals surface area contributed by atoms with E-state index in [1.165, 1.54) is 11.3 Å². The van der Waals surface area contributed by atoms with Crippen molar-refractivity contribution in [2.45, 2.75) is 39.7 Å². The van der Waals surface area contributed by atoms with Crippen LogP contribution in [0.25, 0.3) is 0 Å². The number of nitrogens with one attached hydrogen (secondary N) is 1. The molecule has 12 nitrogen and oxygen atoms in total. The molecular formula is C29H38N6O6S. The van der Waals surface area contributed by atoms with E-state index in [2.05, 4.69) is 20.1 Å². The number of rotatable bonds is 10. The summed E-state index contributed by atoms with van der Waals surface area (Å²) < 4.78 is 27.6. The van der Waals surface area contributed by atoms with Gasteiger partial charge in [0.25, 0.3) is 0 Å². The van der Waals surface area contributed by atoms with Crippen LogP contribution in [0.5, 0.6) is 17.2 Å². The lowest BCUT2D eigenvalue weighted by molar-refractivity contribution is 0.0531. The first-order valence-electron chi connectivity index (χ1n) is 14.1. The maximum Gasteiger partial charge on any atom is 0.350 e. The van der Waals surface area contributed by atoms with E-state index in [-0.39, 0.29) is 5.97 Å². The number of ether oxygens (including phenoxy) is 5. The SMILES string of the molecule is CCOC(=O)c1sc(Nc2nc(N3CCOCC3)c3c(n2)N(Cc2cc(OC)c(OC)c(OC)c2)CCCC3)nc1C. The summed E-state index contributed by atoms with van der Waals surface area (Å²) >= 11 is 1.24. The molecule has 1 aromatic carbocycles. The molecule has 2 aromatic heterocycles. The van der Waals surface area contributed by atoms with Crippen LogP contribution in [-0.4, -0.2) is 81.7 Å². The minimum Gasteiger partial charge on any atom is -0.493 e. The Bertz CT molecular complexity index is 1380. The third kappa shape index (κ3) is 6.31. The van der Waals surface area contributed by atoms with Crippen molar-refractivity contribution < 1.29 is 28.5 Å². The van der Waals surface area contributed by atoms with E-state index >= 15 is 0 Å². The van der Waals surface area contributed by atoms with Crippen LogP contribution >= 0.6 is 11.3 Å². The number of carbonyl (C=O) groups is 1. The van der Waals surface area contributed by atoms with Gasteiger partial charge < -0.3 is 33.5 Å². The minimum absolute atomic E-state index is 0.303. The monoisotopic (exact) mass is 598 g/mol. The Morgan fingerprint density at radius 1 is 1.00 bits per heavy atom. The van der Waals surface area contributed by atoms with Gasteiger partial charge in [-0.2, -0.15) is 9.97 Å². The van der Waals surface area contributed by atoms with Crippen LogP contribution in [0.3, 0.4) is 0 Å². The topological polar surface area (TPSA) is 120 Å². The molecule has 42 heavy (non-hydrogen) atoms. The number of methoxy groups -OCH3 is 3. The molecule has 5 rings (SSSR count). The standard InChI is InChI=1S/C29H38N6O6S/c1-6-41-27(36)24-18(2)30-29(42-24)33-28-31-25(34-11-13-40-14-12-34)20-9-7-8-10-35(26(20)32-28)17-19-15-21(37-3)23(39-5)22(16-19)38-4/h15-16H,6-14,17H2,1-5H3,(H,30,31,32,33). The normalized spacial score (nSPS) is 15.1. The van der Waals surface area contributed by atoms with Crippen LogP contribution in [0.1, 0.15) is 46.3 Å². The van der Waals surface area contributed by atoms with Gasteiger partial charge in [0, 0.05) is 31.7 Å². The first-order valence-corrected chi connectivity index (χ1v) is 15.0. The highest BCUT2D eigenvalue weighted by molar-refractivity contribution is 7.17. The molecule has 0 saturated carbocycles. The lowest BCUT2D eigenvalue weighted by atomic mass is 10.1. The number of benzene rings is 1. The number of nitrogens with zero attached hydrogens (tertiary/aromatic N) is 5. The molecule has 0 spiro atoms. The maximum atomic E-state index is 12.4. The smallest absolute Gasteiger partial charge is 0.350 e. The third-order valence-electron chi connectivity index (χ3n) is 7.25. The number of hydrogen-bond donors (Lipinski definition) is 1. The fraction of sp³-hybridized carbons (Fsp3) is 0.517. The van der Waals surface area contributed by atoms with Crippen LogP contribution in [0.15, 0.2) is 12.1 Å². The molecule has 2 aliphatic heterocycles. The van der Waals surface area contributed by atoms with Crippen molar-refractivity contribution in [2.24, 2.45) is 0 Å². The predicted molar refractivity (Wildman–Crippen MR) is 161 cm³/mol. The predicted octanol–water partition coefficient (Wildman–Crippen LogP) is 4.37. The molecule has 226 valence electrons. The number of hydrogen-bond acceptors (Lipinski definition) is 13. The number of carbonyl (C=O) groups excluding carboxylic acids is 1. The van der Waals surface area contributed by atoms with Crippen molar-refractivity contribution in [1.29, 1.82) is 0 Å². The summed E-state index contributed by atoms with van der Waals surface area (Å²) in [5.74, 6) is 3.60. The molecule has 0 radical (unpaired) electrons. The lowest BCUT2D eigenvalue weighted by Gasteiger charge is -2.32. The van der Waals surface area contributed by atoms with Gasteiger partial charge in [-0.3, -0.25) is 5.32 Å². The molecule has 1 N–H and O–H groups in total. The molecule has 3 aromatic rings. The molecular weight excluding hydrogens is 560 g/mol. The first kappa shape index (κ1) is 29.6. The summed E-state index contributed by atoms with van der Waals surface area (Å²) in [5, 5.41) is 3.82. The van der Waals surface area contributed by atoms with Crippen LogP contribution in [0, 0.1) is 6.92 Å². The Morgan fingerprint density at radius 3 is 2.38 bits per heavy atom. The summed E-state index contributed by atoms with van der Waals surface area (Å²) in [7, 11) is 4.84. The summed E-state index contributed by atoms with van der Waals surface area (Å²) in [5.41, 5.74) is 2.73. The highest BCUT2D eigenvalue weighted by Crippen LogP contribution is 2.40. The van der Waals surface area contributed by atoms with Crippen LogP contribution in [0.4, 0.5) is 22.7 Å². The number of morpholine rings is 1. The molecule has 1 fully saturated rings. The average molecular weight is 599 g/mol. The molecule has 4 heterocycles. The highest BCUT2D eigenvalue weighted by atomic mass is 32.1. The van der Waals surface area contributed by atoms with E-state index in [9.17, 15) is 4.79 Å². The summed E-state index contributed by atoms with van der Waals surface area (Å²) in [6.45, 7) is 8.09. The molecule has 0 unspecified atom stereocenters. The first-order chi connectivity index (χ1) is 20.4. The number of anilines is 4. The van der Waals surface area contributed by atoms with Gasteiger partial charge in [0.1, 0.15) is 16.5 Å². The van der Waals surface area contributed by atoms with Crippen molar-refractivity contribution in [2.75, 3.05) is 75.9 Å². The zero-order chi connectivity index (χ0) is 29.6. The molecule has 0 bridgehead atoms. The highest BCUT2D eigenvalue weighted by Gasteiger charge is 2.27. The average Bonchev–Trinajstić information content (AvgIpc) is 3.26. The quantitative estimate of drug-likeness (QED) is 0.334. The largest absolute Gasteiger partial charge is 0.493 e. The Balaban J connectivity index is 1.54. The Morgan fingerprint density at radius 2 is 1.71 bits per heavy atom. The molecule has 0 amide bonds. The molecule has 0 atom stereocenters. The summed E-state index contributed by atoms with van der Waals surface area (Å²) in [6, 6.07) is 3.95. The van der Waals surface area contributed by atoms with E-state index in [4.69, 9.17) is 33.7 Å². The molecule has 2 aliphatic rings. The van der Waals surface area contributed by atoms with Gasteiger partial charge in [0.05, 0.1) is 46.8 Å². The second kappa shape index (κ2) is 13.4. The summed E-state index contributed by atoms with van der Waals surface area (Å²) in [4.78, 5) is 32.0. The molecule has 0 aliphatic carbocycles. The minimum atomic E-state index is -0.381. The fourth-order valence-corrected chi connectivity index (χ4v) is 6.14. The van der Waals surface area contributed by atoms with E-state index < -0.39 is 0 Å². The van der Waals surface area contributed by atoms with Gasteiger partial charge >= 0.3 is 5.97 Å². The van der Waals surface area contributed by atoms with E-state index in [0.717, 1.165) is 61.7 Å². The zero-order valence-corrected chi connectivity index (χ0v) is 25.6. The fourth-order valence-electron chi connectivity index (χ4n) is 5.28. The zero-order valence-electron chi connectivity index (χ0n) is 24.8. The van der Waals surface area contributed by atoms with Gasteiger partial charge in [-0.05, 0) is 50.8 Å². The molecule has 13 heteroatoms. The van der Waals surface area contributed by atoms with Gasteiger partial charge in [-0.25, -0.2) is 9.78 Å². The Labute approximate surface area is 249 Å². The van der Waals surface area contributed by atoms with Crippen LogP contribution < -0.4 is 29.3 Å². The van der Waals surface area contributed by atoms with Gasteiger partial charge in [0.15, 0.2) is 16.6 Å². The van der Waals surface area contributed by atoms with Gasteiger partial charge in [-0.15, -0.1) is 0 Å². The summed E-state index contributed by atoms with van der Waals surface area (Å²) in [6.07, 6.45) is 2.92. The second-order valence-corrected chi connectivity index (χ2v) is 11.0. The maximum absolute atomic E-state index is 12.4. The van der Waals surface area contributed by atoms with Crippen LogP contribution in [-0.2, 0) is 22.4 Å². The van der Waals surface area contributed by atoms with E-state index in [0.29, 0.717) is 65.3 Å². The van der Waals surface area contributed by atoms with Crippen molar-refractivity contribution in [1.82, 2.24) is 15.0 Å². The second-order valence-electron chi connectivity index (χ2n) is 9.96. The van der Waals surface area contributed by atoms with Crippen molar-refractivity contribution >= 4 is 40.0 Å². The van der Waals surface area contributed by atoms with E-state index in [1.54, 1.807) is 35.2 Å². The van der Waals surface area contributed by atoms with Crippen LogP contribution in [0.2, 0.25) is 0 Å². The van der Waals surface area contributed by atoms with E-state index in [1.807, 2.05) is 12.1 Å². The number of fused-ring (bicyclic) bond motifs is 1. The van der Waals surface area contributed by atoms with Crippen molar-refractivity contribution in [3.63, 3.8) is 0 Å². The van der Waals surface area contributed by atoms with Crippen molar-refractivity contribution in [3.8, 4) is 17.2 Å². The number of aromatic nitrogens is 3. The van der Waals surface area contributed by atoms with Gasteiger partial charge in [0.2, 0.25) is 11.7 Å². The van der Waals surface area contributed by atoms with Gasteiger partial charge in [-0.1, -0.05) is 11.3 Å². The molecule has 1 saturated heterocycles. The number of aryl methyl sites for hydroxylation is 1. The third-order valence-corrected chi connectivity index (χ3v) is 8.31. The number of thiazole rings is 1.